The maximum atomic E-state index is 11.0. The molecule has 2 heteroatoms. The summed E-state index contributed by atoms with van der Waals surface area (Å²) in [4.78, 5) is 0. The standard InChI is InChI=1S/C16H33O.Li/c1-6-9-11-16(8-3,12-10-7-2)15(17)13-14(4)5;/h14,17H,6-13H2,1-5H3;. The van der Waals surface area contributed by atoms with Gasteiger partial charge in [0.1, 0.15) is 0 Å². The molecule has 0 aromatic rings. The number of aliphatic hydroxyl groups is 1. The summed E-state index contributed by atoms with van der Waals surface area (Å²) in [5.41, 5.74) is 0.128. The molecule has 0 bridgehead atoms. The third-order valence-electron chi connectivity index (χ3n) is 4.64. The van der Waals surface area contributed by atoms with E-state index in [0.29, 0.717) is 5.92 Å². The molecule has 0 radical (unpaired) electrons. The zero-order valence-electron chi connectivity index (χ0n) is 13.7. The van der Waals surface area contributed by atoms with Crippen molar-refractivity contribution in [1.29, 1.82) is 0 Å². The molecule has 1 atom stereocenters. The Morgan fingerprint density at radius 1 is 1.00 bits per heavy atom. The summed E-state index contributed by atoms with van der Waals surface area (Å²) in [6.45, 7) is 11.2. The van der Waals surface area contributed by atoms with Crippen LogP contribution in [0.2, 0.25) is 0 Å². The van der Waals surface area contributed by atoms with Crippen molar-refractivity contribution in [3.8, 4) is 0 Å². The third kappa shape index (κ3) is 5.28. The van der Waals surface area contributed by atoms with E-state index in [9.17, 15) is 5.11 Å². The first-order valence-electron chi connectivity index (χ1n) is 8.07. The molecule has 0 saturated heterocycles. The molecule has 0 aromatic heterocycles. The summed E-state index contributed by atoms with van der Waals surface area (Å²) < 4.78 is -0.514. The van der Waals surface area contributed by atoms with Crippen molar-refractivity contribution < 1.29 is 5.11 Å². The van der Waals surface area contributed by atoms with Crippen LogP contribution < -0.4 is 0 Å². The van der Waals surface area contributed by atoms with Crippen LogP contribution in [0.25, 0.3) is 0 Å². The monoisotopic (exact) mass is 248 g/mol. The SMILES string of the molecule is [Li][C](O)(CC(C)C)C(CC)(CCCC)CCCC. The molecule has 0 aliphatic heterocycles. The number of hydrogen-bond acceptors (Lipinski definition) is 1. The van der Waals surface area contributed by atoms with E-state index in [1.807, 2.05) is 0 Å². The number of unbranched alkanes of at least 4 members (excludes halogenated alkanes) is 2. The molecule has 0 heterocycles. The molecule has 1 nitrogen and oxygen atoms in total. The molecule has 0 aliphatic carbocycles. The van der Waals surface area contributed by atoms with Gasteiger partial charge in [0.05, 0.1) is 0 Å². The van der Waals surface area contributed by atoms with Crippen molar-refractivity contribution >= 4 is 17.7 Å². The van der Waals surface area contributed by atoms with Gasteiger partial charge in [-0.05, 0) is 0 Å². The van der Waals surface area contributed by atoms with Gasteiger partial charge in [0.25, 0.3) is 0 Å². The third-order valence-corrected chi connectivity index (χ3v) is 4.64. The summed E-state index contributed by atoms with van der Waals surface area (Å²) in [5, 5.41) is 11.0. The van der Waals surface area contributed by atoms with Crippen LogP contribution >= 0.6 is 0 Å². The first-order valence-corrected chi connectivity index (χ1v) is 8.07. The van der Waals surface area contributed by atoms with Gasteiger partial charge in [-0.25, -0.2) is 0 Å². The summed E-state index contributed by atoms with van der Waals surface area (Å²) in [5.74, 6) is 0.564. The summed E-state index contributed by atoms with van der Waals surface area (Å²) in [6, 6.07) is 0. The minimum atomic E-state index is -0.514. The molecule has 0 amide bonds. The van der Waals surface area contributed by atoms with E-state index in [-0.39, 0.29) is 5.41 Å². The molecule has 0 fully saturated rings. The molecule has 0 saturated carbocycles. The summed E-state index contributed by atoms with van der Waals surface area (Å²) in [7, 11) is 0. The van der Waals surface area contributed by atoms with Gasteiger partial charge in [0.15, 0.2) is 0 Å². The fraction of sp³-hybridized carbons (Fsp3) is 1.00. The minimum absolute atomic E-state index is 0.128. The Morgan fingerprint density at radius 3 is 1.72 bits per heavy atom. The molecule has 0 spiro atoms. The Morgan fingerprint density at radius 2 is 1.44 bits per heavy atom. The Hall–Kier alpha value is 0.557. The van der Waals surface area contributed by atoms with Gasteiger partial charge in [-0.15, -0.1) is 0 Å². The van der Waals surface area contributed by atoms with Gasteiger partial charge in [-0.1, -0.05) is 0 Å². The Labute approximate surface area is 124 Å². The van der Waals surface area contributed by atoms with Crippen LogP contribution in [-0.2, 0) is 0 Å². The van der Waals surface area contributed by atoms with E-state index in [1.54, 1.807) is 0 Å². The fourth-order valence-electron chi connectivity index (χ4n) is 3.44. The second-order valence-electron chi connectivity index (χ2n) is 6.71. The van der Waals surface area contributed by atoms with Crippen molar-refractivity contribution in [2.75, 3.05) is 0 Å². The molecular weight excluding hydrogens is 215 g/mol. The van der Waals surface area contributed by atoms with Crippen LogP contribution in [0.4, 0.5) is 0 Å². The average molecular weight is 248 g/mol. The summed E-state index contributed by atoms with van der Waals surface area (Å²) in [6.07, 6.45) is 9.33. The normalized spacial score (nSPS) is 16.1. The number of rotatable bonds is 10. The van der Waals surface area contributed by atoms with E-state index in [4.69, 9.17) is 0 Å². The second kappa shape index (κ2) is 8.67. The van der Waals surface area contributed by atoms with Crippen molar-refractivity contribution in [2.24, 2.45) is 11.3 Å². The summed E-state index contributed by atoms with van der Waals surface area (Å²) >= 11 is 2.09. The molecule has 0 aliphatic rings. The van der Waals surface area contributed by atoms with Gasteiger partial charge < -0.3 is 0 Å². The van der Waals surface area contributed by atoms with E-state index >= 15 is 0 Å². The van der Waals surface area contributed by atoms with Crippen LogP contribution in [-0.4, -0.2) is 27.1 Å². The second-order valence-corrected chi connectivity index (χ2v) is 6.71. The van der Waals surface area contributed by atoms with E-state index in [2.05, 4.69) is 52.3 Å². The molecular formula is C16H33LiO. The van der Waals surface area contributed by atoms with Crippen molar-refractivity contribution in [3.05, 3.63) is 0 Å². The maximum absolute atomic E-state index is 11.0. The van der Waals surface area contributed by atoms with Gasteiger partial charge in [0, 0.05) is 0 Å². The van der Waals surface area contributed by atoms with Crippen LogP contribution in [0.3, 0.4) is 0 Å². The first kappa shape index (κ1) is 18.6. The quantitative estimate of drug-likeness (QED) is 0.557. The molecule has 0 rings (SSSR count). The van der Waals surface area contributed by atoms with Crippen LogP contribution in [0.5, 0.6) is 0 Å². The molecule has 18 heavy (non-hydrogen) atoms. The Balaban J connectivity index is 4.99. The van der Waals surface area contributed by atoms with Gasteiger partial charge >= 0.3 is 124 Å². The fourth-order valence-corrected chi connectivity index (χ4v) is 3.44. The van der Waals surface area contributed by atoms with E-state index < -0.39 is 4.27 Å². The van der Waals surface area contributed by atoms with Gasteiger partial charge in [-0.2, -0.15) is 0 Å². The molecule has 0 aromatic carbocycles. The molecule has 104 valence electrons. The van der Waals surface area contributed by atoms with Gasteiger partial charge in [-0.3, -0.25) is 0 Å². The topological polar surface area (TPSA) is 20.2 Å². The Kier molecular flexibility index (Phi) is 8.94. The number of hydrogen-bond donors (Lipinski definition) is 1. The zero-order chi connectivity index (χ0) is 14.2. The van der Waals surface area contributed by atoms with Crippen LogP contribution in [0, 0.1) is 11.3 Å². The van der Waals surface area contributed by atoms with Crippen LogP contribution in [0.1, 0.15) is 86.0 Å². The van der Waals surface area contributed by atoms with Crippen molar-refractivity contribution in [3.63, 3.8) is 0 Å². The van der Waals surface area contributed by atoms with Crippen LogP contribution in [0.15, 0.2) is 0 Å². The van der Waals surface area contributed by atoms with Gasteiger partial charge in [0.2, 0.25) is 0 Å². The van der Waals surface area contributed by atoms with E-state index in [0.717, 1.165) is 12.8 Å². The predicted molar refractivity (Wildman–Crippen MR) is 81.9 cm³/mol. The Bertz CT molecular complexity index is 203. The van der Waals surface area contributed by atoms with Crippen molar-refractivity contribution in [2.45, 2.75) is 90.3 Å². The molecule has 1 unspecified atom stereocenters. The average Bonchev–Trinajstić information content (AvgIpc) is 2.28. The van der Waals surface area contributed by atoms with Crippen molar-refractivity contribution in [1.82, 2.24) is 0 Å². The predicted octanol–water partition coefficient (Wildman–Crippen LogP) is 4.67. The zero-order valence-corrected chi connectivity index (χ0v) is 13.7. The van der Waals surface area contributed by atoms with E-state index in [1.165, 1.54) is 38.5 Å². The first-order chi connectivity index (χ1) is 8.35. The molecule has 1 N–H and O–H groups in total.